The van der Waals surface area contributed by atoms with Gasteiger partial charge < -0.3 is 4.90 Å². The number of carbonyl (C=O) groups is 1. The molecule has 2 aromatic rings. The molecule has 2 atom stereocenters. The largest absolute Gasteiger partial charge is 0.349 e. The Kier molecular flexibility index (Phi) is 3.02. The number of nitrogens with zero attached hydrogens (tertiary/aromatic N) is 1. The van der Waals surface area contributed by atoms with E-state index in [1.165, 1.54) is 16.3 Å². The summed E-state index contributed by atoms with van der Waals surface area (Å²) in [5, 5.41) is 2.56. The summed E-state index contributed by atoms with van der Waals surface area (Å²) in [5.41, 5.74) is 1.34. The molecule has 0 saturated heterocycles. The Morgan fingerprint density at radius 2 is 1.79 bits per heavy atom. The summed E-state index contributed by atoms with van der Waals surface area (Å²) in [6, 6.07) is 14.9. The maximum absolute atomic E-state index is 12.2. The van der Waals surface area contributed by atoms with Gasteiger partial charge in [0.15, 0.2) is 0 Å². The normalized spacial score (nSPS) is 22.0. The number of rotatable bonds is 2. The predicted octanol–water partition coefficient (Wildman–Crippen LogP) is 3.42. The molecular formula is C17H19NO. The predicted molar refractivity (Wildman–Crippen MR) is 78.1 cm³/mol. The fourth-order valence-corrected chi connectivity index (χ4v) is 3.07. The lowest BCUT2D eigenvalue weighted by atomic mass is 9.68. The fraction of sp³-hybridized carbons (Fsp3) is 0.353. The molecule has 0 bridgehead atoms. The van der Waals surface area contributed by atoms with Gasteiger partial charge in [-0.1, -0.05) is 42.5 Å². The molecule has 0 spiro atoms. The van der Waals surface area contributed by atoms with Crippen LogP contribution in [0.3, 0.4) is 0 Å². The Morgan fingerprint density at radius 1 is 1.05 bits per heavy atom. The third kappa shape index (κ3) is 2.01. The van der Waals surface area contributed by atoms with Crippen molar-refractivity contribution in [2.75, 3.05) is 14.1 Å². The zero-order valence-corrected chi connectivity index (χ0v) is 11.5. The second-order valence-corrected chi connectivity index (χ2v) is 5.59. The molecular weight excluding hydrogens is 234 g/mol. The lowest BCUT2D eigenvalue weighted by Crippen LogP contribution is -2.38. The third-order valence-corrected chi connectivity index (χ3v) is 4.26. The van der Waals surface area contributed by atoms with Crippen molar-refractivity contribution in [3.8, 4) is 0 Å². The quantitative estimate of drug-likeness (QED) is 0.803. The molecule has 0 aliphatic heterocycles. The first kappa shape index (κ1) is 12.2. The van der Waals surface area contributed by atoms with Crippen LogP contribution in [0, 0.1) is 5.92 Å². The summed E-state index contributed by atoms with van der Waals surface area (Å²) in [6.07, 6.45) is 2.14. The molecule has 0 unspecified atom stereocenters. The second kappa shape index (κ2) is 4.69. The number of amides is 1. The van der Waals surface area contributed by atoms with E-state index in [1.54, 1.807) is 4.90 Å². The molecule has 2 aromatic carbocycles. The highest BCUT2D eigenvalue weighted by Crippen LogP contribution is 2.45. The van der Waals surface area contributed by atoms with Crippen molar-refractivity contribution in [2.24, 2.45) is 5.92 Å². The molecule has 2 heteroatoms. The molecule has 1 aliphatic carbocycles. The maximum atomic E-state index is 12.2. The molecule has 1 aliphatic rings. The highest BCUT2D eigenvalue weighted by Gasteiger charge is 2.38. The standard InChI is InChI=1S/C17H19NO/c1-18(2)17(19)16-11-10-15(16)14-9-5-7-12-6-3-4-8-13(12)14/h3-9,15-16H,10-11H2,1-2H3/t15-,16+/m0/s1. The van der Waals surface area contributed by atoms with Crippen LogP contribution in [0.2, 0.25) is 0 Å². The first-order valence-corrected chi connectivity index (χ1v) is 6.87. The SMILES string of the molecule is CN(C)C(=O)[C@@H]1CC[C@H]1c1cccc2ccccc12. The van der Waals surface area contributed by atoms with Gasteiger partial charge in [-0.25, -0.2) is 0 Å². The maximum Gasteiger partial charge on any atom is 0.225 e. The topological polar surface area (TPSA) is 20.3 Å². The summed E-state index contributed by atoms with van der Waals surface area (Å²) >= 11 is 0. The first-order valence-electron chi connectivity index (χ1n) is 6.87. The first-order chi connectivity index (χ1) is 9.18. The summed E-state index contributed by atoms with van der Waals surface area (Å²) in [4.78, 5) is 13.9. The molecule has 3 rings (SSSR count). The summed E-state index contributed by atoms with van der Waals surface area (Å²) in [6.45, 7) is 0. The number of benzene rings is 2. The Morgan fingerprint density at radius 3 is 2.47 bits per heavy atom. The lowest BCUT2D eigenvalue weighted by molar-refractivity contribution is -0.136. The van der Waals surface area contributed by atoms with Gasteiger partial charge in [-0.2, -0.15) is 0 Å². The summed E-state index contributed by atoms with van der Waals surface area (Å²) in [7, 11) is 3.70. The van der Waals surface area contributed by atoms with Crippen molar-refractivity contribution in [3.63, 3.8) is 0 Å². The number of hydrogen-bond donors (Lipinski definition) is 0. The lowest BCUT2D eigenvalue weighted by Gasteiger charge is -2.38. The minimum Gasteiger partial charge on any atom is -0.349 e. The van der Waals surface area contributed by atoms with Gasteiger partial charge >= 0.3 is 0 Å². The second-order valence-electron chi connectivity index (χ2n) is 5.59. The molecule has 1 amide bonds. The highest BCUT2D eigenvalue weighted by molar-refractivity contribution is 5.88. The molecule has 0 radical (unpaired) electrons. The van der Waals surface area contributed by atoms with Crippen molar-refractivity contribution >= 4 is 16.7 Å². The Labute approximate surface area is 114 Å². The molecule has 0 heterocycles. The van der Waals surface area contributed by atoms with Gasteiger partial charge in [0.2, 0.25) is 5.91 Å². The van der Waals surface area contributed by atoms with E-state index >= 15 is 0 Å². The number of fused-ring (bicyclic) bond motifs is 1. The monoisotopic (exact) mass is 253 g/mol. The van der Waals surface area contributed by atoms with Crippen LogP contribution in [0.1, 0.15) is 24.3 Å². The smallest absolute Gasteiger partial charge is 0.225 e. The molecule has 19 heavy (non-hydrogen) atoms. The van der Waals surface area contributed by atoms with E-state index in [1.807, 2.05) is 14.1 Å². The van der Waals surface area contributed by atoms with Crippen LogP contribution in [-0.2, 0) is 4.79 Å². The molecule has 1 fully saturated rings. The van der Waals surface area contributed by atoms with E-state index in [0.717, 1.165) is 12.8 Å². The molecule has 2 nitrogen and oxygen atoms in total. The van der Waals surface area contributed by atoms with Crippen LogP contribution in [0.4, 0.5) is 0 Å². The zero-order valence-electron chi connectivity index (χ0n) is 11.5. The molecule has 0 aromatic heterocycles. The Hall–Kier alpha value is -1.83. The van der Waals surface area contributed by atoms with Crippen LogP contribution in [0.15, 0.2) is 42.5 Å². The van der Waals surface area contributed by atoms with Gasteiger partial charge in [0.25, 0.3) is 0 Å². The van der Waals surface area contributed by atoms with Crippen molar-refractivity contribution in [1.82, 2.24) is 4.90 Å². The van der Waals surface area contributed by atoms with Gasteiger partial charge in [-0.05, 0) is 35.1 Å². The Balaban J connectivity index is 1.99. The number of carbonyl (C=O) groups excluding carboxylic acids is 1. The van der Waals surface area contributed by atoms with Crippen LogP contribution in [-0.4, -0.2) is 24.9 Å². The summed E-state index contributed by atoms with van der Waals surface area (Å²) < 4.78 is 0. The van der Waals surface area contributed by atoms with Gasteiger partial charge in [-0.15, -0.1) is 0 Å². The van der Waals surface area contributed by atoms with Crippen molar-refractivity contribution in [3.05, 3.63) is 48.0 Å². The van der Waals surface area contributed by atoms with Crippen LogP contribution >= 0.6 is 0 Å². The zero-order chi connectivity index (χ0) is 13.4. The molecule has 1 saturated carbocycles. The van der Waals surface area contributed by atoms with E-state index in [9.17, 15) is 4.79 Å². The van der Waals surface area contributed by atoms with Gasteiger partial charge in [-0.3, -0.25) is 4.79 Å². The van der Waals surface area contributed by atoms with E-state index in [-0.39, 0.29) is 11.8 Å². The third-order valence-electron chi connectivity index (χ3n) is 4.26. The van der Waals surface area contributed by atoms with Crippen LogP contribution in [0.25, 0.3) is 10.8 Å². The van der Waals surface area contributed by atoms with E-state index in [2.05, 4.69) is 42.5 Å². The van der Waals surface area contributed by atoms with Gasteiger partial charge in [0, 0.05) is 20.0 Å². The molecule has 0 N–H and O–H groups in total. The van der Waals surface area contributed by atoms with Crippen molar-refractivity contribution in [1.29, 1.82) is 0 Å². The van der Waals surface area contributed by atoms with Crippen LogP contribution in [0.5, 0.6) is 0 Å². The van der Waals surface area contributed by atoms with E-state index in [0.29, 0.717) is 5.92 Å². The van der Waals surface area contributed by atoms with Crippen molar-refractivity contribution in [2.45, 2.75) is 18.8 Å². The summed E-state index contributed by atoms with van der Waals surface area (Å²) in [5.74, 6) is 0.825. The molecule has 98 valence electrons. The van der Waals surface area contributed by atoms with Gasteiger partial charge in [0.05, 0.1) is 0 Å². The number of hydrogen-bond acceptors (Lipinski definition) is 1. The van der Waals surface area contributed by atoms with Gasteiger partial charge in [0.1, 0.15) is 0 Å². The van der Waals surface area contributed by atoms with E-state index < -0.39 is 0 Å². The van der Waals surface area contributed by atoms with E-state index in [4.69, 9.17) is 0 Å². The fourth-order valence-electron chi connectivity index (χ4n) is 3.07. The average Bonchev–Trinajstić information content (AvgIpc) is 2.38. The average molecular weight is 253 g/mol. The minimum absolute atomic E-state index is 0.167. The Bertz CT molecular complexity index is 612. The van der Waals surface area contributed by atoms with Crippen molar-refractivity contribution < 1.29 is 4.79 Å². The highest BCUT2D eigenvalue weighted by atomic mass is 16.2. The minimum atomic E-state index is 0.167. The van der Waals surface area contributed by atoms with Crippen LogP contribution < -0.4 is 0 Å².